The molecule has 1 atom stereocenters. The zero-order valence-electron chi connectivity index (χ0n) is 23.3. The molecule has 43 heavy (non-hydrogen) atoms. The molecule has 218 valence electrons. The van der Waals surface area contributed by atoms with Crippen molar-refractivity contribution in [3.8, 4) is 62.7 Å². The minimum Gasteiger partial charge on any atom is -0.507 e. The Kier molecular flexibility index (Phi) is 6.81. The van der Waals surface area contributed by atoms with Gasteiger partial charge in [0.2, 0.25) is 0 Å². The number of fused-ring (bicyclic) bond motifs is 2. The molecule has 0 radical (unpaired) electrons. The molecule has 0 saturated carbocycles. The lowest BCUT2D eigenvalue weighted by Crippen LogP contribution is -2.20. The topological polar surface area (TPSA) is 145 Å². The molecule has 3 N–H and O–H groups in total. The first-order chi connectivity index (χ1) is 20.7. The summed E-state index contributed by atoms with van der Waals surface area (Å²) >= 11 is 0. The lowest BCUT2D eigenvalue weighted by atomic mass is 9.91. The molecule has 1 aliphatic heterocycles. The summed E-state index contributed by atoms with van der Waals surface area (Å²) in [6, 6.07) is 17.2. The van der Waals surface area contributed by atoms with Gasteiger partial charge in [-0.15, -0.1) is 0 Å². The number of hydrogen-bond acceptors (Lipinski definition) is 10. The summed E-state index contributed by atoms with van der Waals surface area (Å²) in [7, 11) is 4.40. The Morgan fingerprint density at radius 2 is 1.51 bits per heavy atom. The third-order valence-corrected chi connectivity index (χ3v) is 7.42. The van der Waals surface area contributed by atoms with Crippen molar-refractivity contribution < 1.29 is 43.5 Å². The molecule has 0 fully saturated rings. The maximum Gasteiger partial charge on any atom is 0.197 e. The second-order valence-corrected chi connectivity index (χ2v) is 9.91. The monoisotopic (exact) mass is 582 g/mol. The van der Waals surface area contributed by atoms with Gasteiger partial charge in [0.1, 0.15) is 68.6 Å². The fourth-order valence-corrected chi connectivity index (χ4v) is 5.29. The molecule has 6 rings (SSSR count). The van der Waals surface area contributed by atoms with E-state index in [9.17, 15) is 24.9 Å². The van der Waals surface area contributed by atoms with Crippen LogP contribution in [0.4, 0.5) is 0 Å². The number of Topliss-reactive ketones (excluding diaryl/α,β-unsaturated/α-hetero) is 1. The highest BCUT2D eigenvalue weighted by molar-refractivity contribution is 6.06. The molecule has 1 aliphatic rings. The van der Waals surface area contributed by atoms with Gasteiger partial charge in [-0.25, -0.2) is 0 Å². The van der Waals surface area contributed by atoms with Crippen molar-refractivity contribution in [1.29, 1.82) is 0 Å². The van der Waals surface area contributed by atoms with Crippen molar-refractivity contribution in [3.63, 3.8) is 0 Å². The van der Waals surface area contributed by atoms with Gasteiger partial charge in [0.25, 0.3) is 0 Å². The van der Waals surface area contributed by atoms with Crippen LogP contribution in [-0.2, 0) is 0 Å². The first kappa shape index (κ1) is 27.5. The largest absolute Gasteiger partial charge is 0.507 e. The molecule has 0 spiro atoms. The van der Waals surface area contributed by atoms with Crippen LogP contribution < -0.4 is 24.4 Å². The molecule has 0 amide bonds. The standard InChI is InChI=1S/C33H26O10/c1-39-18-7-4-16(5-8-18)26-14-24(37)32-29(42-26)15-22(35)30(33(32)38)20-10-17(6-9-25(20)41-3)27-13-23(36)31-21(34)11-19(40-2)12-28(31)43-27/h4-13,15,26,34-35,38H,14H2,1-3H3/t26-/m1/s1. The molecule has 0 bridgehead atoms. The average Bonchev–Trinajstić information content (AvgIpc) is 3.00. The molecular formula is C33H26O10. The normalized spacial score (nSPS) is 14.2. The number of carbonyl (C=O) groups is 1. The lowest BCUT2D eigenvalue weighted by Gasteiger charge is -2.27. The summed E-state index contributed by atoms with van der Waals surface area (Å²) in [6.07, 6.45) is -0.658. The van der Waals surface area contributed by atoms with Gasteiger partial charge in [-0.3, -0.25) is 9.59 Å². The smallest absolute Gasteiger partial charge is 0.197 e. The summed E-state index contributed by atoms with van der Waals surface area (Å²) in [4.78, 5) is 26.2. The number of methoxy groups -OCH3 is 3. The van der Waals surface area contributed by atoms with Crippen molar-refractivity contribution in [2.75, 3.05) is 21.3 Å². The highest BCUT2D eigenvalue weighted by Crippen LogP contribution is 2.51. The zero-order valence-corrected chi connectivity index (χ0v) is 23.3. The van der Waals surface area contributed by atoms with Crippen LogP contribution >= 0.6 is 0 Å². The highest BCUT2D eigenvalue weighted by Gasteiger charge is 2.34. The van der Waals surface area contributed by atoms with E-state index in [-0.39, 0.29) is 68.6 Å². The van der Waals surface area contributed by atoms with E-state index in [1.54, 1.807) is 49.6 Å². The molecule has 0 aliphatic carbocycles. The van der Waals surface area contributed by atoms with E-state index < -0.39 is 17.3 Å². The van der Waals surface area contributed by atoms with E-state index >= 15 is 0 Å². The van der Waals surface area contributed by atoms with Crippen LogP contribution in [0.25, 0.3) is 33.4 Å². The van der Waals surface area contributed by atoms with Crippen molar-refractivity contribution in [2.45, 2.75) is 12.5 Å². The molecule has 0 unspecified atom stereocenters. The first-order valence-corrected chi connectivity index (χ1v) is 13.2. The third-order valence-electron chi connectivity index (χ3n) is 7.42. The van der Waals surface area contributed by atoms with Crippen LogP contribution in [0.2, 0.25) is 0 Å². The number of phenolic OH excluding ortho intramolecular Hbond substituents is 3. The number of ketones is 1. The Morgan fingerprint density at radius 3 is 2.21 bits per heavy atom. The van der Waals surface area contributed by atoms with Crippen LogP contribution in [0.3, 0.4) is 0 Å². The SMILES string of the molecule is COc1ccc([C@H]2CC(=O)c3c(cc(O)c(-c4cc(-c5cc(=O)c6c(O)cc(OC)cc6o5)ccc4OC)c3O)O2)cc1. The predicted octanol–water partition coefficient (Wildman–Crippen LogP) is 5.98. The molecule has 5 aromatic rings. The van der Waals surface area contributed by atoms with Crippen molar-refractivity contribution >= 4 is 16.8 Å². The van der Waals surface area contributed by atoms with Crippen LogP contribution in [0.1, 0.15) is 28.4 Å². The average molecular weight is 583 g/mol. The number of aromatic hydroxyl groups is 3. The fraction of sp³-hybridized carbons (Fsp3) is 0.152. The van der Waals surface area contributed by atoms with E-state index in [1.807, 2.05) is 0 Å². The summed E-state index contributed by atoms with van der Waals surface area (Å²) in [5, 5.41) is 32.8. The minimum atomic E-state index is -0.623. The van der Waals surface area contributed by atoms with Crippen LogP contribution in [-0.4, -0.2) is 42.4 Å². The Bertz CT molecular complexity index is 1960. The molecular weight excluding hydrogens is 556 g/mol. The minimum absolute atomic E-state index is 0.00489. The number of carbonyl (C=O) groups excluding carboxylic acids is 1. The number of rotatable bonds is 6. The van der Waals surface area contributed by atoms with Gasteiger partial charge in [-0.2, -0.15) is 0 Å². The third kappa shape index (κ3) is 4.72. The predicted molar refractivity (Wildman–Crippen MR) is 157 cm³/mol. The zero-order chi connectivity index (χ0) is 30.4. The highest BCUT2D eigenvalue weighted by atomic mass is 16.5. The van der Waals surface area contributed by atoms with Crippen LogP contribution in [0.15, 0.2) is 75.9 Å². The molecule has 10 heteroatoms. The summed E-state index contributed by atoms with van der Waals surface area (Å²) in [5.74, 6) is -0.0676. The van der Waals surface area contributed by atoms with E-state index in [1.165, 1.54) is 38.5 Å². The molecule has 4 aromatic carbocycles. The second-order valence-electron chi connectivity index (χ2n) is 9.91. The Hall–Kier alpha value is -5.64. The second kappa shape index (κ2) is 10.6. The Labute approximate surface area is 244 Å². The van der Waals surface area contributed by atoms with Gasteiger partial charge < -0.3 is 38.7 Å². The fourth-order valence-electron chi connectivity index (χ4n) is 5.29. The molecule has 2 heterocycles. The van der Waals surface area contributed by atoms with Crippen molar-refractivity contribution in [1.82, 2.24) is 0 Å². The van der Waals surface area contributed by atoms with Crippen LogP contribution in [0.5, 0.6) is 40.2 Å². The van der Waals surface area contributed by atoms with Gasteiger partial charge >= 0.3 is 0 Å². The van der Waals surface area contributed by atoms with E-state index in [0.29, 0.717) is 17.1 Å². The Balaban J connectivity index is 1.45. The van der Waals surface area contributed by atoms with Gasteiger partial charge in [-0.1, -0.05) is 12.1 Å². The van der Waals surface area contributed by atoms with Gasteiger partial charge in [0.15, 0.2) is 11.2 Å². The van der Waals surface area contributed by atoms with Crippen molar-refractivity contribution in [2.24, 2.45) is 0 Å². The molecule has 1 aromatic heterocycles. The Morgan fingerprint density at radius 1 is 0.767 bits per heavy atom. The number of phenols is 3. The van der Waals surface area contributed by atoms with Crippen LogP contribution in [0, 0.1) is 0 Å². The number of benzene rings is 4. The molecule has 0 saturated heterocycles. The van der Waals surface area contributed by atoms with Gasteiger partial charge in [0, 0.05) is 35.4 Å². The summed E-state index contributed by atoms with van der Waals surface area (Å²) < 4.78 is 27.9. The van der Waals surface area contributed by atoms with Gasteiger partial charge in [0.05, 0.1) is 33.3 Å². The lowest BCUT2D eigenvalue weighted by molar-refractivity contribution is 0.0845. The van der Waals surface area contributed by atoms with E-state index in [4.69, 9.17) is 23.4 Å². The molecule has 10 nitrogen and oxygen atoms in total. The quantitative estimate of drug-likeness (QED) is 0.219. The maximum absolute atomic E-state index is 13.3. The number of ether oxygens (including phenoxy) is 4. The van der Waals surface area contributed by atoms with E-state index in [0.717, 1.165) is 5.56 Å². The maximum atomic E-state index is 13.3. The number of hydrogen-bond donors (Lipinski definition) is 3. The summed E-state index contributed by atoms with van der Waals surface area (Å²) in [6.45, 7) is 0. The van der Waals surface area contributed by atoms with Gasteiger partial charge in [-0.05, 0) is 35.9 Å². The van der Waals surface area contributed by atoms with E-state index in [2.05, 4.69) is 0 Å². The van der Waals surface area contributed by atoms with Crippen molar-refractivity contribution in [3.05, 3.63) is 88.1 Å². The summed E-state index contributed by atoms with van der Waals surface area (Å²) in [5.41, 5.74) is 0.868. The first-order valence-electron chi connectivity index (χ1n) is 13.2.